The summed E-state index contributed by atoms with van der Waals surface area (Å²) in [4.78, 5) is 0. The zero-order valence-corrected chi connectivity index (χ0v) is 7.06. The third-order valence-corrected chi connectivity index (χ3v) is 2.07. The fourth-order valence-corrected chi connectivity index (χ4v) is 1.37. The van der Waals surface area contributed by atoms with Crippen molar-refractivity contribution in [3.63, 3.8) is 0 Å². The molecule has 0 amide bonds. The van der Waals surface area contributed by atoms with Gasteiger partial charge in [-0.15, -0.1) is 0 Å². The second kappa shape index (κ2) is 2.70. The van der Waals surface area contributed by atoms with Crippen LogP contribution in [0.3, 0.4) is 0 Å². The van der Waals surface area contributed by atoms with Gasteiger partial charge in [0.15, 0.2) is 17.2 Å². The highest BCUT2D eigenvalue weighted by atomic mass is 16.3. The normalized spacial score (nSPS) is 10.6. The molecule has 2 aromatic carbocycles. The van der Waals surface area contributed by atoms with Gasteiger partial charge in [-0.25, -0.2) is 0 Å². The highest BCUT2D eigenvalue weighted by molar-refractivity contribution is 5.98. The van der Waals surface area contributed by atoms with E-state index in [1.54, 1.807) is 0 Å². The van der Waals surface area contributed by atoms with Crippen LogP contribution < -0.4 is 0 Å². The predicted octanol–water partition coefficient (Wildman–Crippen LogP) is 2.10. The van der Waals surface area contributed by atoms with E-state index in [0.29, 0.717) is 0 Å². The van der Waals surface area contributed by atoms with E-state index in [9.17, 15) is 15.3 Å². The van der Waals surface area contributed by atoms with Gasteiger partial charge in [-0.1, -0.05) is 0 Å². The molecule has 0 bridgehead atoms. The van der Waals surface area contributed by atoms with E-state index in [2.05, 4.69) is 0 Å². The number of hydrogen-bond donors (Lipinski definition) is 3. The minimum absolute atomic E-state index is 0.0162. The van der Waals surface area contributed by atoms with E-state index >= 15 is 0 Å². The molecule has 0 aliphatic carbocycles. The van der Waals surface area contributed by atoms with Gasteiger partial charge in [0, 0.05) is 5.39 Å². The molecule has 0 aromatic heterocycles. The Labute approximate surface area is 79.3 Å². The molecule has 0 saturated heterocycles. The van der Waals surface area contributed by atoms with Crippen molar-refractivity contribution in [2.75, 3.05) is 0 Å². The van der Waals surface area contributed by atoms with Crippen molar-refractivity contribution in [2.45, 2.75) is 0 Å². The number of fused-ring (bicyclic) bond motifs is 1. The number of phenolic OH excluding ortho intramolecular Hbond substituents is 3. The maximum Gasteiger partial charge on any atom is 0.186 e. The molecule has 14 heavy (non-hydrogen) atoms. The van der Waals surface area contributed by atoms with E-state index < -0.39 is 5.75 Å². The Balaban J connectivity index is 3.01. The number of aromatic hydroxyl groups is 3. The van der Waals surface area contributed by atoms with Gasteiger partial charge in [-0.2, -0.15) is 0 Å². The van der Waals surface area contributed by atoms with Gasteiger partial charge in [0.1, 0.15) is 5.75 Å². The lowest BCUT2D eigenvalue weighted by Crippen LogP contribution is -1.77. The van der Waals surface area contributed by atoms with E-state index in [-0.39, 0.29) is 28.0 Å². The smallest absolute Gasteiger partial charge is 0.186 e. The summed E-state index contributed by atoms with van der Waals surface area (Å²) in [6.45, 7) is 0. The summed E-state index contributed by atoms with van der Waals surface area (Å²) in [6, 6.07) is 4.95. The summed E-state index contributed by atoms with van der Waals surface area (Å²) in [7, 11) is 0. The molecule has 0 fully saturated rings. The molecule has 0 heterocycles. The maximum absolute atomic E-state index is 11.3. The van der Waals surface area contributed by atoms with Gasteiger partial charge in [0.25, 0.3) is 0 Å². The van der Waals surface area contributed by atoms with E-state index in [4.69, 9.17) is 5.11 Å². The summed E-state index contributed by atoms with van der Waals surface area (Å²) in [5.41, 5.74) is 0. The van der Waals surface area contributed by atoms with E-state index in [0.717, 1.165) is 0 Å². The van der Waals surface area contributed by atoms with Gasteiger partial charge in [0.05, 0.1) is 5.39 Å². The predicted molar refractivity (Wildman–Crippen MR) is 49.1 cm³/mol. The Bertz CT molecular complexity index is 505. The SMILES string of the molecule is [O]c1ccc(O)c2c(O)c(O)ccc12. The van der Waals surface area contributed by atoms with Crippen molar-refractivity contribution >= 4 is 10.8 Å². The molecule has 0 spiro atoms. The molecule has 3 N–H and O–H groups in total. The van der Waals surface area contributed by atoms with Crippen molar-refractivity contribution in [2.24, 2.45) is 0 Å². The van der Waals surface area contributed by atoms with Crippen molar-refractivity contribution in [3.8, 4) is 23.0 Å². The molecule has 4 nitrogen and oxygen atoms in total. The third-order valence-electron chi connectivity index (χ3n) is 2.07. The summed E-state index contributed by atoms with van der Waals surface area (Å²) in [6.07, 6.45) is 0. The van der Waals surface area contributed by atoms with Gasteiger partial charge >= 0.3 is 0 Å². The van der Waals surface area contributed by atoms with Crippen LogP contribution in [0, 0.1) is 0 Å². The maximum atomic E-state index is 11.3. The Kier molecular flexibility index (Phi) is 1.64. The highest BCUT2D eigenvalue weighted by Gasteiger charge is 2.12. The minimum atomic E-state index is -0.474. The standard InChI is InChI=1S/C10H7O4/c11-6-3-4-7(12)9-5(6)1-2-8(13)10(9)14/h1-4,12-14H. The lowest BCUT2D eigenvalue weighted by Gasteiger charge is -2.05. The molecule has 0 unspecified atom stereocenters. The molecule has 0 aliphatic rings. The summed E-state index contributed by atoms with van der Waals surface area (Å²) in [5, 5.41) is 39.4. The Morgan fingerprint density at radius 3 is 2.21 bits per heavy atom. The first kappa shape index (κ1) is 8.50. The van der Waals surface area contributed by atoms with Crippen LogP contribution in [0.15, 0.2) is 24.3 Å². The quantitative estimate of drug-likeness (QED) is 0.558. The molecular weight excluding hydrogens is 184 g/mol. The highest BCUT2D eigenvalue weighted by Crippen LogP contribution is 2.42. The van der Waals surface area contributed by atoms with Gasteiger partial charge < -0.3 is 15.3 Å². The first-order valence-corrected chi connectivity index (χ1v) is 3.95. The van der Waals surface area contributed by atoms with Crippen LogP contribution in [0.4, 0.5) is 0 Å². The van der Waals surface area contributed by atoms with Crippen molar-refractivity contribution < 1.29 is 20.4 Å². The fourth-order valence-electron chi connectivity index (χ4n) is 1.37. The second-order valence-electron chi connectivity index (χ2n) is 2.94. The van der Waals surface area contributed by atoms with Crippen LogP contribution in [0.25, 0.3) is 10.8 Å². The summed E-state index contributed by atoms with van der Waals surface area (Å²) in [5.74, 6) is -1.38. The van der Waals surface area contributed by atoms with Crippen LogP contribution in [0.2, 0.25) is 0 Å². The Morgan fingerprint density at radius 1 is 0.857 bits per heavy atom. The second-order valence-corrected chi connectivity index (χ2v) is 2.94. The van der Waals surface area contributed by atoms with Crippen LogP contribution in [-0.2, 0) is 5.11 Å². The molecule has 0 saturated carbocycles. The van der Waals surface area contributed by atoms with Crippen molar-refractivity contribution in [1.82, 2.24) is 0 Å². The van der Waals surface area contributed by atoms with Gasteiger partial charge in [-0.05, 0) is 24.3 Å². The van der Waals surface area contributed by atoms with E-state index in [1.807, 2.05) is 0 Å². The number of hydrogen-bond acceptors (Lipinski definition) is 3. The minimum Gasteiger partial charge on any atom is -0.507 e. The zero-order valence-electron chi connectivity index (χ0n) is 7.06. The molecule has 2 aromatic rings. The lowest BCUT2D eigenvalue weighted by atomic mass is 10.1. The number of phenols is 3. The molecular formula is C10H7O4. The number of rotatable bonds is 0. The van der Waals surface area contributed by atoms with Crippen LogP contribution in [0.5, 0.6) is 23.0 Å². The van der Waals surface area contributed by atoms with E-state index in [1.165, 1.54) is 24.3 Å². The van der Waals surface area contributed by atoms with Crippen LogP contribution in [0.1, 0.15) is 0 Å². The molecule has 4 heteroatoms. The Hall–Kier alpha value is -2.10. The van der Waals surface area contributed by atoms with Crippen molar-refractivity contribution in [1.29, 1.82) is 0 Å². The fraction of sp³-hybridized carbons (Fsp3) is 0. The van der Waals surface area contributed by atoms with Gasteiger partial charge in [-0.3, -0.25) is 5.11 Å². The first-order valence-electron chi connectivity index (χ1n) is 3.95. The third kappa shape index (κ3) is 1.01. The first-order chi connectivity index (χ1) is 6.61. The summed E-state index contributed by atoms with van der Waals surface area (Å²) < 4.78 is 0. The lowest BCUT2D eigenvalue weighted by molar-refractivity contribution is 0.358. The monoisotopic (exact) mass is 191 g/mol. The molecule has 0 atom stereocenters. The largest absolute Gasteiger partial charge is 0.507 e. The molecule has 1 radical (unpaired) electrons. The van der Waals surface area contributed by atoms with Crippen molar-refractivity contribution in [3.05, 3.63) is 24.3 Å². The Morgan fingerprint density at radius 2 is 1.50 bits per heavy atom. The molecule has 71 valence electrons. The average Bonchev–Trinajstić information content (AvgIpc) is 2.16. The zero-order chi connectivity index (χ0) is 10.3. The average molecular weight is 191 g/mol. The van der Waals surface area contributed by atoms with Crippen LogP contribution in [-0.4, -0.2) is 15.3 Å². The molecule has 0 aliphatic heterocycles. The number of benzene rings is 2. The van der Waals surface area contributed by atoms with Crippen LogP contribution >= 0.6 is 0 Å². The topological polar surface area (TPSA) is 80.6 Å². The van der Waals surface area contributed by atoms with Gasteiger partial charge in [0.2, 0.25) is 0 Å². The molecule has 2 rings (SSSR count). The summed E-state index contributed by atoms with van der Waals surface area (Å²) >= 11 is 0.